The number of hydrogen-bond donors (Lipinski definition) is 2. The largest absolute Gasteiger partial charge is 0.495 e. The number of carbonyl (C=O) groups excluding carboxylic acids is 1. The first kappa shape index (κ1) is 29.4. The van der Waals surface area contributed by atoms with Gasteiger partial charge in [-0.2, -0.15) is 18.3 Å². The number of imidazole rings is 1. The Morgan fingerprint density at radius 3 is 2.47 bits per heavy atom. The van der Waals surface area contributed by atoms with Crippen molar-refractivity contribution in [2.45, 2.75) is 20.0 Å². The van der Waals surface area contributed by atoms with E-state index >= 15 is 0 Å². The highest BCUT2D eigenvalue weighted by molar-refractivity contribution is 6.07. The Labute approximate surface area is 255 Å². The van der Waals surface area contributed by atoms with Gasteiger partial charge in [0.2, 0.25) is 5.95 Å². The van der Waals surface area contributed by atoms with Crippen molar-refractivity contribution in [3.63, 3.8) is 0 Å². The van der Waals surface area contributed by atoms with Gasteiger partial charge in [-0.05, 0) is 61.4 Å². The molecular formula is C32H27F3N8O2. The average molecular weight is 613 g/mol. The molecular weight excluding hydrogens is 585 g/mol. The van der Waals surface area contributed by atoms with Crippen LogP contribution in [0, 0.1) is 13.8 Å². The lowest BCUT2D eigenvalue weighted by Crippen LogP contribution is -2.14. The molecule has 0 aliphatic carbocycles. The zero-order chi connectivity index (χ0) is 32.0. The number of ether oxygens (including phenoxy) is 1. The molecule has 0 unspecified atom stereocenters. The fraction of sp³-hybridized carbons (Fsp3) is 0.156. The Bertz CT molecular complexity index is 2100. The van der Waals surface area contributed by atoms with E-state index in [0.29, 0.717) is 39.0 Å². The summed E-state index contributed by atoms with van der Waals surface area (Å²) in [5, 5.41) is 7.62. The zero-order valence-electron chi connectivity index (χ0n) is 24.6. The Hall–Kier alpha value is -5.72. The molecule has 10 nitrogen and oxygen atoms in total. The maximum Gasteiger partial charge on any atom is 0.416 e. The van der Waals surface area contributed by atoms with Gasteiger partial charge in [-0.25, -0.2) is 15.0 Å². The number of nitrogen functional groups attached to an aromatic ring is 1. The molecule has 6 rings (SSSR count). The van der Waals surface area contributed by atoms with E-state index in [2.05, 4.69) is 25.4 Å². The average Bonchev–Trinajstić information content (AvgIpc) is 3.63. The summed E-state index contributed by atoms with van der Waals surface area (Å²) in [6.45, 7) is 3.62. The second-order valence-electron chi connectivity index (χ2n) is 10.6. The minimum absolute atomic E-state index is 0.0183. The number of halogens is 3. The van der Waals surface area contributed by atoms with Crippen molar-refractivity contribution in [1.82, 2.24) is 29.3 Å². The topological polar surface area (TPSA) is 126 Å². The summed E-state index contributed by atoms with van der Waals surface area (Å²) in [4.78, 5) is 26.3. The van der Waals surface area contributed by atoms with E-state index in [0.717, 1.165) is 23.3 Å². The number of hydrogen-bond acceptors (Lipinski definition) is 7. The smallest absolute Gasteiger partial charge is 0.416 e. The van der Waals surface area contributed by atoms with Crippen molar-refractivity contribution < 1.29 is 22.7 Å². The third-order valence-corrected chi connectivity index (χ3v) is 7.34. The normalized spacial score (nSPS) is 11.6. The molecule has 1 amide bonds. The quantitative estimate of drug-likeness (QED) is 0.224. The van der Waals surface area contributed by atoms with Crippen LogP contribution in [0.2, 0.25) is 0 Å². The molecule has 45 heavy (non-hydrogen) atoms. The molecule has 3 aromatic heterocycles. The van der Waals surface area contributed by atoms with Crippen LogP contribution in [0.15, 0.2) is 73.6 Å². The molecule has 0 radical (unpaired) electrons. The molecule has 0 aliphatic heterocycles. The molecule has 13 heteroatoms. The van der Waals surface area contributed by atoms with Crippen LogP contribution < -0.4 is 15.8 Å². The summed E-state index contributed by atoms with van der Waals surface area (Å²) < 4.78 is 50.5. The van der Waals surface area contributed by atoms with Crippen molar-refractivity contribution >= 4 is 28.4 Å². The van der Waals surface area contributed by atoms with E-state index in [4.69, 9.17) is 10.5 Å². The summed E-state index contributed by atoms with van der Waals surface area (Å²) in [6.07, 6.45) is 3.51. The maximum atomic E-state index is 13.8. The van der Waals surface area contributed by atoms with Crippen molar-refractivity contribution in [3.05, 3.63) is 96.0 Å². The van der Waals surface area contributed by atoms with Crippen LogP contribution in [-0.2, 0) is 13.2 Å². The van der Waals surface area contributed by atoms with Crippen LogP contribution in [-0.4, -0.2) is 42.3 Å². The third kappa shape index (κ3) is 5.67. The number of aryl methyl sites for hydroxylation is 3. The van der Waals surface area contributed by atoms with Crippen molar-refractivity contribution in [1.29, 1.82) is 0 Å². The molecule has 0 fully saturated rings. The number of amides is 1. The number of benzene rings is 3. The van der Waals surface area contributed by atoms with Crippen LogP contribution in [0.25, 0.3) is 38.8 Å². The Balaban J connectivity index is 1.45. The van der Waals surface area contributed by atoms with Gasteiger partial charge in [-0.15, -0.1) is 0 Å². The second kappa shape index (κ2) is 11.1. The van der Waals surface area contributed by atoms with Gasteiger partial charge in [0, 0.05) is 59.1 Å². The molecule has 3 aromatic carbocycles. The first-order chi connectivity index (χ1) is 21.4. The highest BCUT2D eigenvalue weighted by atomic mass is 19.4. The monoisotopic (exact) mass is 612 g/mol. The number of aromatic nitrogens is 6. The minimum atomic E-state index is -4.63. The number of nitrogens with one attached hydrogen (secondary N) is 1. The van der Waals surface area contributed by atoms with Gasteiger partial charge in [-0.1, -0.05) is 6.07 Å². The molecule has 3 N–H and O–H groups in total. The minimum Gasteiger partial charge on any atom is -0.495 e. The number of anilines is 2. The molecule has 6 aromatic rings. The highest BCUT2D eigenvalue weighted by Gasteiger charge is 2.32. The van der Waals surface area contributed by atoms with E-state index in [9.17, 15) is 18.0 Å². The highest BCUT2D eigenvalue weighted by Crippen LogP contribution is 2.44. The van der Waals surface area contributed by atoms with Gasteiger partial charge in [0.25, 0.3) is 5.91 Å². The van der Waals surface area contributed by atoms with E-state index < -0.39 is 17.6 Å². The number of fused-ring (bicyclic) bond motifs is 1. The summed E-state index contributed by atoms with van der Waals surface area (Å²) in [7, 11) is 3.33. The summed E-state index contributed by atoms with van der Waals surface area (Å²) in [5.41, 5.74) is 10.2. The number of nitrogens with zero attached hydrogens (tertiary/aromatic N) is 6. The molecule has 228 valence electrons. The summed E-state index contributed by atoms with van der Waals surface area (Å²) in [5.74, 6) is -0.0164. The van der Waals surface area contributed by atoms with Gasteiger partial charge in [-0.3, -0.25) is 9.48 Å². The van der Waals surface area contributed by atoms with Gasteiger partial charge in [0.05, 0.1) is 42.0 Å². The Morgan fingerprint density at radius 1 is 1.00 bits per heavy atom. The summed E-state index contributed by atoms with van der Waals surface area (Å²) in [6, 6.07) is 10.3. The fourth-order valence-electron chi connectivity index (χ4n) is 5.22. The number of carbonyl (C=O) groups is 1. The number of rotatable bonds is 6. The van der Waals surface area contributed by atoms with Crippen LogP contribution >= 0.6 is 0 Å². The van der Waals surface area contributed by atoms with Crippen molar-refractivity contribution in [2.24, 2.45) is 7.05 Å². The fourth-order valence-corrected chi connectivity index (χ4v) is 5.22. The predicted octanol–water partition coefficient (Wildman–Crippen LogP) is 6.36. The SMILES string of the molecule is COc1c(-c2cc(C(=O)Nc3cc(-n4cnc(C)c4)cc(C(F)(F)F)c3)ccc2C)cc2cnc(N)nc2c1-c1cnn(C)c1. The summed E-state index contributed by atoms with van der Waals surface area (Å²) >= 11 is 0. The molecule has 0 spiro atoms. The second-order valence-corrected chi connectivity index (χ2v) is 10.6. The molecule has 0 saturated carbocycles. The van der Waals surface area contributed by atoms with E-state index in [1.165, 1.54) is 24.1 Å². The molecule has 0 saturated heterocycles. The third-order valence-electron chi connectivity index (χ3n) is 7.34. The number of methoxy groups -OCH3 is 1. The number of alkyl halides is 3. The van der Waals surface area contributed by atoms with Gasteiger partial charge >= 0.3 is 6.18 Å². The zero-order valence-corrected chi connectivity index (χ0v) is 24.6. The first-order valence-electron chi connectivity index (χ1n) is 13.7. The first-order valence-corrected chi connectivity index (χ1v) is 13.7. The van der Waals surface area contributed by atoms with Crippen LogP contribution in [0.4, 0.5) is 24.8 Å². The Morgan fingerprint density at radius 2 is 1.80 bits per heavy atom. The lowest BCUT2D eigenvalue weighted by molar-refractivity contribution is -0.137. The molecule has 3 heterocycles. The van der Waals surface area contributed by atoms with Crippen LogP contribution in [0.3, 0.4) is 0 Å². The lowest BCUT2D eigenvalue weighted by atomic mass is 9.92. The van der Waals surface area contributed by atoms with Gasteiger partial charge in [0.1, 0.15) is 5.75 Å². The standard InChI is InChI=1S/C32H27F3N8O2/c1-17-5-6-19(30(44)40-23-9-22(32(33,34)35)10-24(11-23)43-14-18(2)38-16-43)7-25(17)26-8-20-12-37-31(36)41-28(20)27(29(26)45-4)21-13-39-42(3)15-21/h5-16H,1-4H3,(H,40,44)(H2,36,37,41). The van der Waals surface area contributed by atoms with Crippen LogP contribution in [0.5, 0.6) is 5.75 Å². The molecule has 0 bridgehead atoms. The molecule has 0 aliphatic rings. The predicted molar refractivity (Wildman–Crippen MR) is 164 cm³/mol. The van der Waals surface area contributed by atoms with Gasteiger partial charge in [0.15, 0.2) is 0 Å². The van der Waals surface area contributed by atoms with E-state index in [-0.39, 0.29) is 22.9 Å². The Kier molecular flexibility index (Phi) is 7.23. The van der Waals surface area contributed by atoms with Crippen LogP contribution in [0.1, 0.15) is 27.2 Å². The maximum absolute atomic E-state index is 13.8. The lowest BCUT2D eigenvalue weighted by Gasteiger charge is -2.18. The van der Waals surface area contributed by atoms with Crippen molar-refractivity contribution in [3.8, 4) is 33.7 Å². The molecule has 0 atom stereocenters. The van der Waals surface area contributed by atoms with E-state index in [1.54, 1.807) is 55.4 Å². The van der Waals surface area contributed by atoms with Gasteiger partial charge < -0.3 is 20.4 Å². The van der Waals surface area contributed by atoms with E-state index in [1.807, 2.05) is 19.2 Å². The van der Waals surface area contributed by atoms with Crippen molar-refractivity contribution in [2.75, 3.05) is 18.2 Å². The number of nitrogens with two attached hydrogens (primary N) is 1.